The van der Waals surface area contributed by atoms with Gasteiger partial charge in [0.15, 0.2) is 5.82 Å². The van der Waals surface area contributed by atoms with Gasteiger partial charge >= 0.3 is 0 Å². The number of aliphatic hydroxyl groups excluding tert-OH is 1. The quantitative estimate of drug-likeness (QED) is 0.811. The van der Waals surface area contributed by atoms with E-state index >= 15 is 0 Å². The van der Waals surface area contributed by atoms with Gasteiger partial charge in [-0.15, -0.1) is 0 Å². The first-order valence-electron chi connectivity index (χ1n) is 8.51. The molecule has 0 aliphatic heterocycles. The molecule has 6 heteroatoms. The van der Waals surface area contributed by atoms with Gasteiger partial charge in [-0.3, -0.25) is 0 Å². The van der Waals surface area contributed by atoms with Crippen molar-refractivity contribution >= 4 is 0 Å². The predicted octanol–water partition coefficient (Wildman–Crippen LogP) is 2.49. The number of para-hydroxylation sites is 1. The van der Waals surface area contributed by atoms with Crippen molar-refractivity contribution in [1.29, 1.82) is 0 Å². The number of benzene rings is 1. The number of nitrogens with one attached hydrogen (secondary N) is 1. The zero-order valence-corrected chi connectivity index (χ0v) is 14.3. The normalized spacial score (nSPS) is 17.8. The van der Waals surface area contributed by atoms with E-state index in [0.29, 0.717) is 18.3 Å². The van der Waals surface area contributed by atoms with E-state index in [4.69, 9.17) is 9.26 Å². The summed E-state index contributed by atoms with van der Waals surface area (Å²) >= 11 is 0. The molecule has 6 nitrogen and oxygen atoms in total. The van der Waals surface area contributed by atoms with Crippen molar-refractivity contribution in [2.24, 2.45) is 0 Å². The molecule has 1 heterocycles. The molecule has 24 heavy (non-hydrogen) atoms. The maximum Gasteiger partial charge on any atom is 0.223 e. The topological polar surface area (TPSA) is 80.4 Å². The van der Waals surface area contributed by atoms with Crippen LogP contribution in [0.5, 0.6) is 5.75 Å². The maximum atomic E-state index is 10.3. The lowest BCUT2D eigenvalue weighted by Gasteiger charge is -2.28. The monoisotopic (exact) mass is 331 g/mol. The molecule has 3 rings (SSSR count). The van der Waals surface area contributed by atoms with Crippen LogP contribution < -0.4 is 10.1 Å². The van der Waals surface area contributed by atoms with Crippen molar-refractivity contribution in [3.63, 3.8) is 0 Å². The van der Waals surface area contributed by atoms with Gasteiger partial charge in [0.1, 0.15) is 18.5 Å². The molecule has 1 aromatic carbocycles. The van der Waals surface area contributed by atoms with Crippen molar-refractivity contribution < 1.29 is 14.4 Å². The van der Waals surface area contributed by atoms with E-state index in [-0.39, 0.29) is 12.1 Å². The molecular formula is C18H25N3O3. The van der Waals surface area contributed by atoms with Crippen LogP contribution in [0.2, 0.25) is 0 Å². The van der Waals surface area contributed by atoms with Crippen LogP contribution in [0.15, 0.2) is 28.8 Å². The molecule has 1 aliphatic rings. The summed E-state index contributed by atoms with van der Waals surface area (Å²) in [6.07, 6.45) is 3.55. The Kier molecular flexibility index (Phi) is 5.16. The Morgan fingerprint density at radius 1 is 1.29 bits per heavy atom. The van der Waals surface area contributed by atoms with Crippen molar-refractivity contribution in [2.45, 2.75) is 51.2 Å². The van der Waals surface area contributed by atoms with E-state index in [2.05, 4.69) is 15.5 Å². The maximum absolute atomic E-state index is 10.3. The minimum Gasteiger partial charge on any atom is -0.491 e. The second-order valence-electron chi connectivity index (χ2n) is 6.54. The number of aromatic nitrogens is 2. The van der Waals surface area contributed by atoms with E-state index in [1.54, 1.807) is 6.92 Å². The average Bonchev–Trinajstić information content (AvgIpc) is 3.22. The molecule has 0 spiro atoms. The third kappa shape index (κ3) is 3.76. The highest BCUT2D eigenvalue weighted by Crippen LogP contribution is 2.37. The third-order valence-corrected chi connectivity index (χ3v) is 4.61. The van der Waals surface area contributed by atoms with Crippen LogP contribution >= 0.6 is 0 Å². The zero-order chi connectivity index (χ0) is 17.0. The number of hydrogen-bond donors (Lipinski definition) is 2. The Balaban J connectivity index is 1.56. The minimum absolute atomic E-state index is 0.249. The summed E-state index contributed by atoms with van der Waals surface area (Å²) in [6, 6.07) is 7.80. The van der Waals surface area contributed by atoms with Gasteiger partial charge in [-0.2, -0.15) is 4.98 Å². The molecule has 1 aliphatic carbocycles. The molecule has 0 amide bonds. The van der Waals surface area contributed by atoms with Crippen LogP contribution in [0, 0.1) is 13.8 Å². The first-order chi connectivity index (χ1) is 11.6. The molecule has 1 unspecified atom stereocenters. The van der Waals surface area contributed by atoms with Gasteiger partial charge in [-0.1, -0.05) is 36.2 Å². The Hall–Kier alpha value is -1.92. The Labute approximate surface area is 142 Å². The highest BCUT2D eigenvalue weighted by Gasteiger charge is 2.39. The van der Waals surface area contributed by atoms with Crippen molar-refractivity contribution in [1.82, 2.24) is 15.5 Å². The molecule has 0 bridgehead atoms. The van der Waals surface area contributed by atoms with Gasteiger partial charge < -0.3 is 19.7 Å². The Morgan fingerprint density at radius 2 is 2.04 bits per heavy atom. The van der Waals surface area contributed by atoms with Gasteiger partial charge in [-0.05, 0) is 31.4 Å². The van der Waals surface area contributed by atoms with Crippen LogP contribution in [0.1, 0.15) is 43.0 Å². The molecule has 1 atom stereocenters. The summed E-state index contributed by atoms with van der Waals surface area (Å²) in [4.78, 5) is 4.39. The number of aliphatic hydroxyl groups is 1. The summed E-state index contributed by atoms with van der Waals surface area (Å²) in [5.41, 5.74) is 0.772. The van der Waals surface area contributed by atoms with Crippen LogP contribution in [0.3, 0.4) is 0 Å². The molecule has 1 aromatic heterocycles. The zero-order valence-electron chi connectivity index (χ0n) is 14.3. The van der Waals surface area contributed by atoms with Crippen LogP contribution in [0.4, 0.5) is 0 Å². The molecule has 2 aromatic rings. The molecule has 0 saturated heterocycles. The lowest BCUT2D eigenvalue weighted by atomic mass is 9.96. The summed E-state index contributed by atoms with van der Waals surface area (Å²) in [5, 5.41) is 17.8. The van der Waals surface area contributed by atoms with Gasteiger partial charge in [0.05, 0.1) is 5.54 Å². The van der Waals surface area contributed by atoms with Crippen molar-refractivity contribution in [3.05, 3.63) is 41.5 Å². The summed E-state index contributed by atoms with van der Waals surface area (Å²) in [6.45, 7) is 4.47. The second-order valence-corrected chi connectivity index (χ2v) is 6.54. The Morgan fingerprint density at radius 3 is 2.71 bits per heavy atom. The van der Waals surface area contributed by atoms with E-state index in [1.807, 2.05) is 31.2 Å². The number of aryl methyl sites for hydroxylation is 2. The summed E-state index contributed by atoms with van der Waals surface area (Å²) < 4.78 is 10.9. The average molecular weight is 331 g/mol. The van der Waals surface area contributed by atoms with Gasteiger partial charge in [-0.25, -0.2) is 0 Å². The first-order valence-corrected chi connectivity index (χ1v) is 8.51. The molecule has 1 fully saturated rings. The Bertz CT molecular complexity index is 665. The van der Waals surface area contributed by atoms with Gasteiger partial charge in [0.25, 0.3) is 0 Å². The lowest BCUT2D eigenvalue weighted by Crippen LogP contribution is -2.45. The number of rotatable bonds is 7. The highest BCUT2D eigenvalue weighted by atomic mass is 16.5. The standard InChI is InChI=1S/C18H25N3O3/c1-13-7-3-4-8-16(13)23-12-15(22)11-19-18(9-5-6-10-18)17-20-14(2)24-21-17/h3-4,7-8,15,19,22H,5-6,9-12H2,1-2H3. The van der Waals surface area contributed by atoms with E-state index in [9.17, 15) is 5.11 Å². The lowest BCUT2D eigenvalue weighted by molar-refractivity contribution is 0.0947. The fourth-order valence-corrected chi connectivity index (χ4v) is 3.23. The summed E-state index contributed by atoms with van der Waals surface area (Å²) in [7, 11) is 0. The van der Waals surface area contributed by atoms with Crippen LogP contribution in [0.25, 0.3) is 0 Å². The van der Waals surface area contributed by atoms with Crippen molar-refractivity contribution in [3.8, 4) is 5.75 Å². The fourth-order valence-electron chi connectivity index (χ4n) is 3.23. The molecule has 2 N–H and O–H groups in total. The SMILES string of the molecule is Cc1nc(C2(NCC(O)COc3ccccc3C)CCCC2)no1. The second kappa shape index (κ2) is 7.32. The third-order valence-electron chi connectivity index (χ3n) is 4.61. The van der Waals surface area contributed by atoms with Crippen molar-refractivity contribution in [2.75, 3.05) is 13.2 Å². The number of ether oxygens (including phenoxy) is 1. The fraction of sp³-hybridized carbons (Fsp3) is 0.556. The summed E-state index contributed by atoms with van der Waals surface area (Å²) in [5.74, 6) is 2.08. The molecule has 0 radical (unpaired) electrons. The van der Waals surface area contributed by atoms with E-state index in [1.165, 1.54) is 0 Å². The molecule has 1 saturated carbocycles. The number of nitrogens with zero attached hydrogens (tertiary/aromatic N) is 2. The van der Waals surface area contributed by atoms with Gasteiger partial charge in [0, 0.05) is 13.5 Å². The van der Waals surface area contributed by atoms with E-state index in [0.717, 1.165) is 37.0 Å². The minimum atomic E-state index is -0.602. The molecule has 130 valence electrons. The predicted molar refractivity (Wildman–Crippen MR) is 89.9 cm³/mol. The largest absolute Gasteiger partial charge is 0.491 e. The first kappa shape index (κ1) is 16.9. The highest BCUT2D eigenvalue weighted by molar-refractivity contribution is 5.31. The van der Waals surface area contributed by atoms with Gasteiger partial charge in [0.2, 0.25) is 5.89 Å². The van der Waals surface area contributed by atoms with E-state index < -0.39 is 6.10 Å². The van der Waals surface area contributed by atoms with Crippen LogP contribution in [-0.2, 0) is 5.54 Å². The smallest absolute Gasteiger partial charge is 0.223 e. The van der Waals surface area contributed by atoms with Crippen LogP contribution in [-0.4, -0.2) is 34.5 Å². The number of hydrogen-bond acceptors (Lipinski definition) is 6. The molecular weight excluding hydrogens is 306 g/mol.